The zero-order chi connectivity index (χ0) is 15.4. The molecule has 2 aromatic rings. The van der Waals surface area contributed by atoms with Gasteiger partial charge in [-0.3, -0.25) is 0 Å². The average molecular weight is 286 g/mol. The Balaban J connectivity index is 2.15. The number of hydrogen-bond donors (Lipinski definition) is 1. The van der Waals surface area contributed by atoms with Crippen molar-refractivity contribution in [1.29, 1.82) is 0 Å². The fourth-order valence-corrected chi connectivity index (χ4v) is 2.27. The maximum atomic E-state index is 9.59. The number of methoxy groups -OCH3 is 1. The Morgan fingerprint density at radius 2 is 1.76 bits per heavy atom. The van der Waals surface area contributed by atoms with Crippen LogP contribution in [0, 0.1) is 13.8 Å². The van der Waals surface area contributed by atoms with Gasteiger partial charge in [0.2, 0.25) is 0 Å². The first kappa shape index (κ1) is 15.4. The van der Waals surface area contributed by atoms with E-state index < -0.39 is 6.10 Å². The van der Waals surface area contributed by atoms with Gasteiger partial charge in [0.05, 0.1) is 13.2 Å². The molecule has 0 heterocycles. The van der Waals surface area contributed by atoms with Crippen molar-refractivity contribution < 1.29 is 14.6 Å². The predicted octanol–water partition coefficient (Wildman–Crippen LogP) is 3.94. The van der Waals surface area contributed by atoms with E-state index in [4.69, 9.17) is 9.47 Å². The van der Waals surface area contributed by atoms with Crippen LogP contribution in [-0.4, -0.2) is 12.2 Å². The Morgan fingerprint density at radius 1 is 1.05 bits per heavy atom. The number of ether oxygens (including phenoxy) is 2. The number of rotatable bonds is 5. The molecule has 0 aliphatic rings. The van der Waals surface area contributed by atoms with E-state index in [0.29, 0.717) is 6.61 Å². The third-order valence-corrected chi connectivity index (χ3v) is 3.50. The van der Waals surface area contributed by atoms with Crippen molar-refractivity contribution in [1.82, 2.24) is 0 Å². The molecule has 21 heavy (non-hydrogen) atoms. The molecule has 0 aliphatic heterocycles. The first-order valence-electron chi connectivity index (χ1n) is 7.06. The van der Waals surface area contributed by atoms with E-state index in [0.717, 1.165) is 28.2 Å². The highest BCUT2D eigenvalue weighted by molar-refractivity contribution is 5.39. The van der Waals surface area contributed by atoms with Crippen LogP contribution in [0.2, 0.25) is 0 Å². The van der Waals surface area contributed by atoms with Crippen molar-refractivity contribution in [2.75, 3.05) is 7.11 Å². The molecule has 112 valence electrons. The molecule has 0 fully saturated rings. The van der Waals surface area contributed by atoms with Crippen LogP contribution in [0.5, 0.6) is 11.5 Å². The van der Waals surface area contributed by atoms with E-state index in [1.165, 1.54) is 5.56 Å². The maximum absolute atomic E-state index is 9.59. The minimum atomic E-state index is -0.463. The van der Waals surface area contributed by atoms with Crippen LogP contribution < -0.4 is 9.47 Å². The summed E-state index contributed by atoms with van der Waals surface area (Å²) < 4.78 is 11.2. The molecule has 0 saturated carbocycles. The van der Waals surface area contributed by atoms with Crippen LogP contribution in [0.3, 0.4) is 0 Å². The van der Waals surface area contributed by atoms with Crippen molar-refractivity contribution in [3.8, 4) is 11.5 Å². The van der Waals surface area contributed by atoms with Crippen molar-refractivity contribution in [3.05, 3.63) is 58.7 Å². The third-order valence-electron chi connectivity index (χ3n) is 3.50. The lowest BCUT2D eigenvalue weighted by atomic mass is 10.1. The Kier molecular flexibility index (Phi) is 4.86. The largest absolute Gasteiger partial charge is 0.496 e. The average Bonchev–Trinajstić information content (AvgIpc) is 2.46. The van der Waals surface area contributed by atoms with Crippen molar-refractivity contribution >= 4 is 0 Å². The normalized spacial score (nSPS) is 12.0. The minimum absolute atomic E-state index is 0.458. The second-order valence-corrected chi connectivity index (χ2v) is 5.30. The van der Waals surface area contributed by atoms with Gasteiger partial charge in [0.1, 0.15) is 18.1 Å². The van der Waals surface area contributed by atoms with Crippen LogP contribution in [0.1, 0.15) is 35.3 Å². The highest BCUT2D eigenvalue weighted by Crippen LogP contribution is 2.26. The summed E-state index contributed by atoms with van der Waals surface area (Å²) in [6.07, 6.45) is -0.463. The molecule has 1 atom stereocenters. The molecule has 0 aromatic heterocycles. The van der Waals surface area contributed by atoms with E-state index in [-0.39, 0.29) is 0 Å². The van der Waals surface area contributed by atoms with Gasteiger partial charge in [-0.15, -0.1) is 0 Å². The zero-order valence-corrected chi connectivity index (χ0v) is 13.0. The number of hydrogen-bond acceptors (Lipinski definition) is 3. The molecular formula is C18H22O3. The smallest absolute Gasteiger partial charge is 0.125 e. The number of aliphatic hydroxyl groups is 1. The zero-order valence-electron chi connectivity index (χ0n) is 13.0. The lowest BCUT2D eigenvalue weighted by Crippen LogP contribution is -2.01. The summed E-state index contributed by atoms with van der Waals surface area (Å²) in [5.74, 6) is 1.65. The summed E-state index contributed by atoms with van der Waals surface area (Å²) in [7, 11) is 1.66. The number of benzene rings is 2. The molecule has 1 N–H and O–H groups in total. The van der Waals surface area contributed by atoms with E-state index in [1.807, 2.05) is 44.2 Å². The van der Waals surface area contributed by atoms with Crippen LogP contribution >= 0.6 is 0 Å². The monoisotopic (exact) mass is 286 g/mol. The van der Waals surface area contributed by atoms with Crippen molar-refractivity contribution in [3.63, 3.8) is 0 Å². The fraction of sp³-hybridized carbons (Fsp3) is 0.333. The molecule has 3 heteroatoms. The molecule has 0 saturated heterocycles. The molecule has 0 aliphatic carbocycles. The highest BCUT2D eigenvalue weighted by atomic mass is 16.5. The summed E-state index contributed by atoms with van der Waals surface area (Å²) in [5.41, 5.74) is 4.11. The molecule has 0 amide bonds. The van der Waals surface area contributed by atoms with E-state index in [2.05, 4.69) is 6.07 Å². The van der Waals surface area contributed by atoms with Crippen LogP contribution in [0.15, 0.2) is 36.4 Å². The van der Waals surface area contributed by atoms with Gasteiger partial charge in [-0.2, -0.15) is 0 Å². The number of aliphatic hydroxyl groups excluding tert-OH is 1. The van der Waals surface area contributed by atoms with Gasteiger partial charge < -0.3 is 14.6 Å². The Labute approximate surface area is 126 Å². The van der Waals surface area contributed by atoms with Crippen LogP contribution in [0.4, 0.5) is 0 Å². The van der Waals surface area contributed by atoms with Gasteiger partial charge in [0.15, 0.2) is 0 Å². The molecule has 0 spiro atoms. The quantitative estimate of drug-likeness (QED) is 0.904. The topological polar surface area (TPSA) is 38.7 Å². The Hall–Kier alpha value is -2.00. The molecule has 2 rings (SSSR count). The lowest BCUT2D eigenvalue weighted by Gasteiger charge is -2.14. The summed E-state index contributed by atoms with van der Waals surface area (Å²) >= 11 is 0. The second-order valence-electron chi connectivity index (χ2n) is 5.30. The van der Waals surface area contributed by atoms with Gasteiger partial charge >= 0.3 is 0 Å². The van der Waals surface area contributed by atoms with Gasteiger partial charge in [0, 0.05) is 5.56 Å². The number of aryl methyl sites for hydroxylation is 2. The van der Waals surface area contributed by atoms with Crippen LogP contribution in [0.25, 0.3) is 0 Å². The standard InChI is InChI=1S/C18H22O3/c1-12-5-7-18(20-4)16(9-12)11-21-17-8-6-15(14(3)19)10-13(17)2/h5-10,14,19H,11H2,1-4H3/t14-/m1/s1. The summed E-state index contributed by atoms with van der Waals surface area (Å²) in [5, 5.41) is 9.59. The van der Waals surface area contributed by atoms with E-state index in [1.54, 1.807) is 14.0 Å². The minimum Gasteiger partial charge on any atom is -0.496 e. The van der Waals surface area contributed by atoms with Gasteiger partial charge in [0.25, 0.3) is 0 Å². The van der Waals surface area contributed by atoms with Gasteiger partial charge in [-0.1, -0.05) is 17.7 Å². The highest BCUT2D eigenvalue weighted by Gasteiger charge is 2.08. The molecule has 0 bridgehead atoms. The predicted molar refractivity (Wildman–Crippen MR) is 83.9 cm³/mol. The van der Waals surface area contributed by atoms with Crippen molar-refractivity contribution in [2.45, 2.75) is 33.5 Å². The molecule has 3 nitrogen and oxygen atoms in total. The molecule has 2 aromatic carbocycles. The first-order valence-corrected chi connectivity index (χ1v) is 7.06. The molecule has 0 radical (unpaired) electrons. The molecular weight excluding hydrogens is 264 g/mol. The van der Waals surface area contributed by atoms with Crippen LogP contribution in [-0.2, 0) is 6.61 Å². The SMILES string of the molecule is COc1ccc(C)cc1COc1ccc([C@@H](C)O)cc1C. The summed E-state index contributed by atoms with van der Waals surface area (Å²) in [4.78, 5) is 0. The second kappa shape index (κ2) is 6.64. The summed E-state index contributed by atoms with van der Waals surface area (Å²) in [6, 6.07) is 11.8. The molecule has 0 unspecified atom stereocenters. The van der Waals surface area contributed by atoms with Crippen molar-refractivity contribution in [2.24, 2.45) is 0 Å². The first-order chi connectivity index (χ1) is 10.0. The van der Waals surface area contributed by atoms with Gasteiger partial charge in [-0.05, 0) is 56.2 Å². The van der Waals surface area contributed by atoms with E-state index >= 15 is 0 Å². The van der Waals surface area contributed by atoms with E-state index in [9.17, 15) is 5.11 Å². The maximum Gasteiger partial charge on any atom is 0.125 e. The Morgan fingerprint density at radius 3 is 2.38 bits per heavy atom. The third kappa shape index (κ3) is 3.76. The summed E-state index contributed by atoms with van der Waals surface area (Å²) in [6.45, 7) is 6.24. The fourth-order valence-electron chi connectivity index (χ4n) is 2.27. The Bertz CT molecular complexity index is 618. The van der Waals surface area contributed by atoms with Gasteiger partial charge in [-0.25, -0.2) is 0 Å². The lowest BCUT2D eigenvalue weighted by molar-refractivity contribution is 0.199.